The second-order valence-electron chi connectivity index (χ2n) is 19.1. The average Bonchev–Trinajstić information content (AvgIpc) is 3.86. The third kappa shape index (κ3) is 21.2. The van der Waals surface area contributed by atoms with Crippen LogP contribution in [0.3, 0.4) is 0 Å². The number of aliphatic hydroxyl groups is 1. The Kier molecular flexibility index (Phi) is 27.3. The second kappa shape index (κ2) is 32.1. The van der Waals surface area contributed by atoms with Crippen molar-refractivity contribution >= 4 is 65.0 Å². The van der Waals surface area contributed by atoms with Gasteiger partial charge in [-0.2, -0.15) is 5.26 Å². The number of likely N-dealkylation sites (tertiary alicyclic amines) is 1. The Morgan fingerprint density at radius 2 is 1.41 bits per heavy atom. The number of nitrogens with two attached hydrogens (primary N) is 2. The van der Waals surface area contributed by atoms with Crippen molar-refractivity contribution in [3.05, 3.63) is 35.4 Å². The van der Waals surface area contributed by atoms with Crippen molar-refractivity contribution in [2.45, 2.75) is 155 Å². The Morgan fingerprint density at radius 1 is 0.800 bits per heavy atom. The third-order valence-electron chi connectivity index (χ3n) is 12.6. The Balaban J connectivity index is 2.39. The summed E-state index contributed by atoms with van der Waals surface area (Å²) in [6.07, 6.45) is 0.380. The Hall–Kier alpha value is -7.36. The van der Waals surface area contributed by atoms with E-state index in [4.69, 9.17) is 11.5 Å². The van der Waals surface area contributed by atoms with Crippen LogP contribution in [-0.4, -0.2) is 168 Å². The van der Waals surface area contributed by atoms with Crippen LogP contribution in [-0.2, 0) is 54.4 Å². The van der Waals surface area contributed by atoms with E-state index in [9.17, 15) is 58.3 Å². The predicted molar refractivity (Wildman–Crippen MR) is 277 cm³/mol. The van der Waals surface area contributed by atoms with Crippen molar-refractivity contribution in [3.8, 4) is 6.07 Å². The number of guanidine groups is 1. The van der Waals surface area contributed by atoms with Crippen molar-refractivity contribution in [1.82, 2.24) is 52.3 Å². The summed E-state index contributed by atoms with van der Waals surface area (Å²) in [5.74, 6) is -8.01. The van der Waals surface area contributed by atoms with Gasteiger partial charge in [0.1, 0.15) is 42.3 Å². The molecule has 13 N–H and O–H groups in total. The van der Waals surface area contributed by atoms with Gasteiger partial charge in [0.05, 0.1) is 30.8 Å². The van der Waals surface area contributed by atoms with Gasteiger partial charge in [0, 0.05) is 40.0 Å². The summed E-state index contributed by atoms with van der Waals surface area (Å²) in [5, 5.41) is 41.4. The molecule has 0 saturated carbocycles. The van der Waals surface area contributed by atoms with Crippen LogP contribution < -0.4 is 54.0 Å². The number of nitrogens with one attached hydrogen (secondary N) is 8. The van der Waals surface area contributed by atoms with Gasteiger partial charge >= 0.3 is 0 Å². The standard InChI is InChI=1S/C50H80N14O11/c1-10-16-34(43(69)61-41(29(6)11-2)47(73)58-35(19-14-21-55-50(52)53)49(75)64-22-15-20-37(64)45(71)54-12-3)57-48(74)42(30(7)65)62-44(70)36(24-32-17-13-18-33(23-32)25-51)59-46(72)40(28(4)5)60-38(67)26-56-39(68)27-63(9)31(8)66/h13,17-18,23,28-30,34-37,40-42,65H,10-12,14-16,19-22,24,26-27H2,1-9H3,(H,54,71)(H,56,68)(H,57,74)(H,58,73)(H,59,72)(H,60,67)(H,61,69)(H,62,70)(H4,52,53,55)/t29-,30+,34-,35-,36+,37-,40-,41-,42-/m0/s1. The van der Waals surface area contributed by atoms with Crippen LogP contribution in [0.5, 0.6) is 0 Å². The maximum atomic E-state index is 14.2. The maximum absolute atomic E-state index is 14.2. The molecular weight excluding hydrogens is 973 g/mol. The molecule has 1 aromatic carbocycles. The number of nitrogens with zero attached hydrogens (tertiary/aromatic N) is 4. The van der Waals surface area contributed by atoms with E-state index >= 15 is 0 Å². The van der Waals surface area contributed by atoms with Gasteiger partial charge in [0.25, 0.3) is 0 Å². The zero-order valence-corrected chi connectivity index (χ0v) is 44.7. The third-order valence-corrected chi connectivity index (χ3v) is 12.6. The van der Waals surface area contributed by atoms with Crippen molar-refractivity contribution in [1.29, 1.82) is 5.26 Å². The summed E-state index contributed by atoms with van der Waals surface area (Å²) in [5.41, 5.74) is 11.7. The number of carbonyl (C=O) groups is 10. The number of likely N-dealkylation sites (N-methyl/N-ethyl adjacent to an activating group) is 2. The molecule has 0 radical (unpaired) electrons. The van der Waals surface area contributed by atoms with Gasteiger partial charge in [-0.1, -0.05) is 59.6 Å². The van der Waals surface area contributed by atoms with E-state index in [0.717, 1.165) is 4.90 Å². The highest BCUT2D eigenvalue weighted by atomic mass is 16.3. The molecule has 25 heteroatoms. The zero-order valence-electron chi connectivity index (χ0n) is 44.7. The van der Waals surface area contributed by atoms with Gasteiger partial charge in [0.15, 0.2) is 5.96 Å². The lowest BCUT2D eigenvalue weighted by molar-refractivity contribution is -0.142. The van der Waals surface area contributed by atoms with E-state index in [-0.39, 0.29) is 68.7 Å². The van der Waals surface area contributed by atoms with E-state index < -0.39 is 114 Å². The van der Waals surface area contributed by atoms with E-state index in [1.807, 2.05) is 6.07 Å². The highest BCUT2D eigenvalue weighted by Gasteiger charge is 2.40. The molecule has 10 amide bonds. The Labute approximate surface area is 439 Å². The number of hydrogen-bond donors (Lipinski definition) is 11. The number of aliphatic hydroxyl groups excluding tert-OH is 1. The molecule has 1 fully saturated rings. The molecule has 75 heavy (non-hydrogen) atoms. The van der Waals surface area contributed by atoms with E-state index in [1.165, 1.54) is 37.9 Å². The number of carbonyl (C=O) groups excluding carboxylic acids is 10. The summed E-state index contributed by atoms with van der Waals surface area (Å²) in [4.78, 5) is 141. The molecular formula is C50H80N14O11. The first-order valence-electron chi connectivity index (χ1n) is 25.5. The molecule has 0 spiro atoms. The fraction of sp³-hybridized carbons (Fsp3) is 0.640. The van der Waals surface area contributed by atoms with Crippen LogP contribution in [0, 0.1) is 23.2 Å². The van der Waals surface area contributed by atoms with Gasteiger partial charge in [-0.15, -0.1) is 0 Å². The molecule has 2 rings (SSSR count). The fourth-order valence-corrected chi connectivity index (χ4v) is 8.05. The molecule has 416 valence electrons. The number of hydrogen-bond acceptors (Lipinski definition) is 13. The fourth-order valence-electron chi connectivity index (χ4n) is 8.05. The Morgan fingerprint density at radius 3 is 2.00 bits per heavy atom. The predicted octanol–water partition coefficient (Wildman–Crippen LogP) is -2.33. The van der Waals surface area contributed by atoms with Gasteiger partial charge < -0.3 is 68.9 Å². The van der Waals surface area contributed by atoms with Crippen LogP contribution in [0.2, 0.25) is 0 Å². The molecule has 25 nitrogen and oxygen atoms in total. The summed E-state index contributed by atoms with van der Waals surface area (Å²) in [6, 6.07) is -0.633. The Bertz CT molecular complexity index is 2230. The first kappa shape index (κ1) is 63.8. The van der Waals surface area contributed by atoms with Crippen LogP contribution in [0.4, 0.5) is 0 Å². The maximum Gasteiger partial charge on any atom is 0.245 e. The number of aliphatic imine (C=N–C) groups is 1. The minimum Gasteiger partial charge on any atom is -0.391 e. The highest BCUT2D eigenvalue weighted by Crippen LogP contribution is 2.21. The molecule has 1 aliphatic rings. The van der Waals surface area contributed by atoms with Gasteiger partial charge in [-0.3, -0.25) is 52.9 Å². The largest absolute Gasteiger partial charge is 0.391 e. The number of nitriles is 1. The number of benzene rings is 1. The lowest BCUT2D eigenvalue weighted by atomic mass is 9.96. The molecule has 1 heterocycles. The van der Waals surface area contributed by atoms with Crippen molar-refractivity contribution < 1.29 is 53.1 Å². The summed E-state index contributed by atoms with van der Waals surface area (Å²) in [7, 11) is 1.41. The van der Waals surface area contributed by atoms with E-state index in [2.05, 4.69) is 47.5 Å². The smallest absolute Gasteiger partial charge is 0.245 e. The van der Waals surface area contributed by atoms with Gasteiger partial charge in [-0.05, 0) is 75.5 Å². The van der Waals surface area contributed by atoms with Crippen LogP contribution in [0.1, 0.15) is 111 Å². The monoisotopic (exact) mass is 1050 g/mol. The first-order chi connectivity index (χ1) is 35.4. The molecule has 1 aromatic rings. The van der Waals surface area contributed by atoms with Gasteiger partial charge in [0.2, 0.25) is 59.1 Å². The minimum absolute atomic E-state index is 0.0460. The second-order valence-corrected chi connectivity index (χ2v) is 19.1. The quantitative estimate of drug-likeness (QED) is 0.0219. The molecule has 9 atom stereocenters. The molecule has 0 unspecified atom stereocenters. The summed E-state index contributed by atoms with van der Waals surface area (Å²) < 4.78 is 0. The molecule has 0 aliphatic carbocycles. The SMILES string of the molecule is CCC[C@H](NC(=O)[C@@H](NC(=O)[C@@H](Cc1cccc(C#N)c1)NC(=O)[C@@H](NC(=O)CNC(=O)CN(C)C(C)=O)C(C)C)[C@@H](C)O)C(=O)N[C@H](C(=O)N[C@@H](CCCN=C(N)N)C(=O)N1CCC[C@H]1C(=O)NCC)[C@@H](C)CC. The van der Waals surface area contributed by atoms with Crippen LogP contribution in [0.25, 0.3) is 0 Å². The van der Waals surface area contributed by atoms with E-state index in [0.29, 0.717) is 37.8 Å². The van der Waals surface area contributed by atoms with E-state index in [1.54, 1.807) is 53.7 Å². The number of amides is 10. The zero-order chi connectivity index (χ0) is 56.5. The summed E-state index contributed by atoms with van der Waals surface area (Å²) in [6.45, 7) is 12.7. The van der Waals surface area contributed by atoms with Crippen molar-refractivity contribution in [2.24, 2.45) is 28.3 Å². The average molecular weight is 1050 g/mol. The summed E-state index contributed by atoms with van der Waals surface area (Å²) >= 11 is 0. The molecule has 0 bridgehead atoms. The molecule has 1 saturated heterocycles. The first-order valence-corrected chi connectivity index (χ1v) is 25.5. The minimum atomic E-state index is -1.71. The lowest BCUT2D eigenvalue weighted by Gasteiger charge is -2.31. The van der Waals surface area contributed by atoms with Crippen molar-refractivity contribution in [3.63, 3.8) is 0 Å². The topological polar surface area (TPSA) is 382 Å². The van der Waals surface area contributed by atoms with Crippen LogP contribution in [0.15, 0.2) is 29.3 Å². The normalized spacial score (nSPS) is 16.1. The highest BCUT2D eigenvalue weighted by molar-refractivity contribution is 5.98. The molecule has 0 aromatic heterocycles. The van der Waals surface area contributed by atoms with Gasteiger partial charge in [-0.25, -0.2) is 0 Å². The lowest BCUT2D eigenvalue weighted by Crippen LogP contribution is -2.62. The van der Waals surface area contributed by atoms with Crippen molar-refractivity contribution in [2.75, 3.05) is 39.8 Å². The van der Waals surface area contributed by atoms with Crippen LogP contribution >= 0.6 is 0 Å². The number of rotatable bonds is 30. The molecule has 1 aliphatic heterocycles.